The molecule has 0 saturated heterocycles. The summed E-state index contributed by atoms with van der Waals surface area (Å²) in [5.41, 5.74) is 0.0736. The molecule has 4 rings (SSSR count). The second-order valence-electron chi connectivity index (χ2n) is 8.22. The molecule has 2 N–H and O–H groups in total. The first-order valence-corrected chi connectivity index (χ1v) is 13.0. The molecule has 0 aliphatic heterocycles. The minimum absolute atomic E-state index is 0.0368. The zero-order valence-electron chi connectivity index (χ0n) is 19.0. The Bertz CT molecular complexity index is 1300. The van der Waals surface area contributed by atoms with Crippen LogP contribution < -0.4 is 10.6 Å². The summed E-state index contributed by atoms with van der Waals surface area (Å²) in [7, 11) is 0. The van der Waals surface area contributed by atoms with Crippen LogP contribution in [0.4, 0.5) is 27.8 Å². The van der Waals surface area contributed by atoms with Gasteiger partial charge in [0.25, 0.3) is 0 Å². The van der Waals surface area contributed by atoms with Crippen molar-refractivity contribution in [3.8, 4) is 0 Å². The standard InChI is InChI=1S/C24H22F4N4O2S2/c25-13-9-15(27)21-17(11-13)35-23(31-21)29-19(33)7-5-3-1-2-4-6-8-20(34)30-24-32-22-16(28)10-14(26)12-18(22)36-24/h9-12H,1-8H2,(H,29,31,33)(H,30,32,34). The van der Waals surface area contributed by atoms with Gasteiger partial charge in [-0.1, -0.05) is 48.4 Å². The predicted octanol–water partition coefficient (Wildman–Crippen LogP) is 7.16. The molecule has 0 saturated carbocycles. The molecule has 2 amide bonds. The van der Waals surface area contributed by atoms with Crippen LogP contribution in [-0.4, -0.2) is 21.8 Å². The summed E-state index contributed by atoms with van der Waals surface area (Å²) in [5, 5.41) is 5.73. The molecule has 4 aromatic rings. The molecule has 190 valence electrons. The molecule has 0 bridgehead atoms. The highest BCUT2D eigenvalue weighted by atomic mass is 32.1. The fourth-order valence-corrected chi connectivity index (χ4v) is 5.51. The maximum Gasteiger partial charge on any atom is 0.226 e. The van der Waals surface area contributed by atoms with Gasteiger partial charge in [0.1, 0.15) is 22.7 Å². The summed E-state index contributed by atoms with van der Waals surface area (Å²) in [6.45, 7) is 0. The Morgan fingerprint density at radius 3 is 1.44 bits per heavy atom. The lowest BCUT2D eigenvalue weighted by Gasteiger charge is -2.03. The van der Waals surface area contributed by atoms with Gasteiger partial charge in [0.2, 0.25) is 11.8 Å². The normalized spacial score (nSPS) is 11.3. The van der Waals surface area contributed by atoms with Gasteiger partial charge in [-0.3, -0.25) is 9.59 Å². The predicted molar refractivity (Wildman–Crippen MR) is 133 cm³/mol. The Hall–Kier alpha value is -3.12. The van der Waals surface area contributed by atoms with E-state index in [0.29, 0.717) is 35.1 Å². The number of nitrogens with one attached hydrogen (secondary N) is 2. The molecule has 2 aromatic carbocycles. The van der Waals surface area contributed by atoms with Crippen LogP contribution >= 0.6 is 22.7 Å². The Kier molecular flexibility index (Phi) is 8.47. The highest BCUT2D eigenvalue weighted by molar-refractivity contribution is 7.22. The molecular formula is C24H22F4N4O2S2. The van der Waals surface area contributed by atoms with Crippen molar-refractivity contribution in [2.24, 2.45) is 0 Å². The number of benzene rings is 2. The Labute approximate surface area is 211 Å². The van der Waals surface area contributed by atoms with Crippen molar-refractivity contribution < 1.29 is 27.2 Å². The number of aromatic nitrogens is 2. The zero-order chi connectivity index (χ0) is 25.7. The van der Waals surface area contributed by atoms with Gasteiger partial charge < -0.3 is 10.6 Å². The number of fused-ring (bicyclic) bond motifs is 2. The average Bonchev–Trinajstić information content (AvgIpc) is 3.39. The highest BCUT2D eigenvalue weighted by Crippen LogP contribution is 2.30. The largest absolute Gasteiger partial charge is 0.302 e. The quantitative estimate of drug-likeness (QED) is 0.157. The van der Waals surface area contributed by atoms with E-state index in [1.165, 1.54) is 12.1 Å². The molecule has 0 unspecified atom stereocenters. The number of hydrogen-bond acceptors (Lipinski definition) is 6. The van der Waals surface area contributed by atoms with Gasteiger partial charge in [-0.05, 0) is 25.0 Å². The van der Waals surface area contributed by atoms with E-state index in [9.17, 15) is 27.2 Å². The number of thiazole rings is 2. The Morgan fingerprint density at radius 1 is 0.639 bits per heavy atom. The number of hydrogen-bond donors (Lipinski definition) is 2. The summed E-state index contributed by atoms with van der Waals surface area (Å²) in [6, 6.07) is 3.88. The van der Waals surface area contributed by atoms with Crippen LogP contribution in [0.5, 0.6) is 0 Å². The van der Waals surface area contributed by atoms with Crippen molar-refractivity contribution in [1.29, 1.82) is 0 Å². The maximum absolute atomic E-state index is 13.7. The summed E-state index contributed by atoms with van der Waals surface area (Å²) in [5.74, 6) is -3.37. The minimum atomic E-state index is -0.761. The number of anilines is 2. The molecule has 12 heteroatoms. The van der Waals surface area contributed by atoms with Gasteiger partial charge in [0.15, 0.2) is 21.9 Å². The van der Waals surface area contributed by atoms with Crippen LogP contribution in [0.25, 0.3) is 20.4 Å². The monoisotopic (exact) mass is 538 g/mol. The first kappa shape index (κ1) is 26.0. The van der Waals surface area contributed by atoms with E-state index in [1.54, 1.807) is 0 Å². The van der Waals surface area contributed by atoms with Crippen molar-refractivity contribution >= 4 is 65.2 Å². The van der Waals surface area contributed by atoms with E-state index in [0.717, 1.165) is 60.5 Å². The van der Waals surface area contributed by atoms with Gasteiger partial charge in [-0.15, -0.1) is 0 Å². The van der Waals surface area contributed by atoms with E-state index in [4.69, 9.17) is 0 Å². The first-order valence-electron chi connectivity index (χ1n) is 11.4. The van der Waals surface area contributed by atoms with Crippen LogP contribution in [0.15, 0.2) is 24.3 Å². The molecule has 2 aromatic heterocycles. The highest BCUT2D eigenvalue weighted by Gasteiger charge is 2.14. The van der Waals surface area contributed by atoms with E-state index < -0.39 is 23.3 Å². The van der Waals surface area contributed by atoms with E-state index >= 15 is 0 Å². The van der Waals surface area contributed by atoms with Crippen LogP contribution in [0.2, 0.25) is 0 Å². The maximum atomic E-state index is 13.7. The second kappa shape index (κ2) is 11.7. The molecule has 0 aliphatic rings. The number of nitrogens with zero attached hydrogens (tertiary/aromatic N) is 2. The van der Waals surface area contributed by atoms with Crippen LogP contribution in [0.1, 0.15) is 51.4 Å². The van der Waals surface area contributed by atoms with Crippen molar-refractivity contribution in [2.75, 3.05) is 10.6 Å². The minimum Gasteiger partial charge on any atom is -0.302 e. The van der Waals surface area contributed by atoms with E-state index in [1.807, 2.05) is 0 Å². The fourth-order valence-electron chi connectivity index (χ4n) is 3.66. The molecule has 0 fully saturated rings. The number of amides is 2. The number of carbonyl (C=O) groups excluding carboxylic acids is 2. The van der Waals surface area contributed by atoms with E-state index in [-0.39, 0.29) is 33.1 Å². The molecule has 36 heavy (non-hydrogen) atoms. The van der Waals surface area contributed by atoms with Crippen molar-refractivity contribution in [3.63, 3.8) is 0 Å². The zero-order valence-corrected chi connectivity index (χ0v) is 20.6. The smallest absolute Gasteiger partial charge is 0.226 e. The Morgan fingerprint density at radius 2 is 1.03 bits per heavy atom. The van der Waals surface area contributed by atoms with Crippen LogP contribution in [0, 0.1) is 23.3 Å². The molecule has 6 nitrogen and oxygen atoms in total. The third kappa shape index (κ3) is 6.76. The van der Waals surface area contributed by atoms with Crippen molar-refractivity contribution in [3.05, 3.63) is 47.5 Å². The van der Waals surface area contributed by atoms with E-state index in [2.05, 4.69) is 20.6 Å². The van der Waals surface area contributed by atoms with Gasteiger partial charge in [0.05, 0.1) is 9.40 Å². The fraction of sp³-hybridized carbons (Fsp3) is 0.333. The third-order valence-corrected chi connectivity index (χ3v) is 7.21. The summed E-state index contributed by atoms with van der Waals surface area (Å²) in [6.07, 6.45) is 5.43. The van der Waals surface area contributed by atoms with Gasteiger partial charge in [0, 0.05) is 25.0 Å². The second-order valence-corrected chi connectivity index (χ2v) is 10.3. The van der Waals surface area contributed by atoms with Gasteiger partial charge >= 0.3 is 0 Å². The van der Waals surface area contributed by atoms with Crippen LogP contribution in [-0.2, 0) is 9.59 Å². The molecule has 0 radical (unpaired) electrons. The SMILES string of the molecule is O=C(CCCCCCCCC(=O)Nc1nc2c(F)cc(F)cc2s1)Nc1nc2c(F)cc(F)cc2s1. The number of rotatable bonds is 11. The summed E-state index contributed by atoms with van der Waals surface area (Å²) >= 11 is 2.04. The molecule has 0 aliphatic carbocycles. The van der Waals surface area contributed by atoms with Crippen molar-refractivity contribution in [1.82, 2.24) is 9.97 Å². The third-order valence-electron chi connectivity index (χ3n) is 5.38. The van der Waals surface area contributed by atoms with Crippen LogP contribution in [0.3, 0.4) is 0 Å². The van der Waals surface area contributed by atoms with Gasteiger partial charge in [-0.25, -0.2) is 27.5 Å². The number of unbranched alkanes of at least 4 members (excludes halogenated alkanes) is 5. The lowest BCUT2D eigenvalue weighted by atomic mass is 10.1. The van der Waals surface area contributed by atoms with Gasteiger partial charge in [-0.2, -0.15) is 0 Å². The average molecular weight is 539 g/mol. The molecule has 2 heterocycles. The lowest BCUT2D eigenvalue weighted by molar-refractivity contribution is -0.117. The molecular weight excluding hydrogens is 516 g/mol. The number of halogens is 4. The summed E-state index contributed by atoms with van der Waals surface area (Å²) < 4.78 is 54.7. The van der Waals surface area contributed by atoms with Crippen molar-refractivity contribution in [2.45, 2.75) is 51.4 Å². The first-order chi connectivity index (χ1) is 17.3. The number of carbonyl (C=O) groups is 2. The summed E-state index contributed by atoms with van der Waals surface area (Å²) in [4.78, 5) is 32.2. The lowest BCUT2D eigenvalue weighted by Crippen LogP contribution is -2.11. The Balaban J connectivity index is 1.08. The topological polar surface area (TPSA) is 84.0 Å². The molecule has 0 atom stereocenters. The molecule has 0 spiro atoms.